The van der Waals surface area contributed by atoms with Gasteiger partial charge in [-0.15, -0.1) is 6.58 Å². The number of carbonyl (C=O) groups excluding carboxylic acids is 1. The van der Waals surface area contributed by atoms with E-state index in [9.17, 15) is 18.0 Å². The fourth-order valence-corrected chi connectivity index (χ4v) is 1.50. The van der Waals surface area contributed by atoms with E-state index in [-0.39, 0.29) is 17.7 Å². The Morgan fingerprint density at radius 3 is 2.68 bits per heavy atom. The quantitative estimate of drug-likeness (QED) is 0.788. The van der Waals surface area contributed by atoms with Gasteiger partial charge >= 0.3 is 6.18 Å². The van der Waals surface area contributed by atoms with E-state index in [4.69, 9.17) is 5.26 Å². The van der Waals surface area contributed by atoms with E-state index < -0.39 is 18.6 Å². The van der Waals surface area contributed by atoms with Gasteiger partial charge in [-0.3, -0.25) is 4.79 Å². The Bertz CT molecular complexity index is 517. The maximum atomic E-state index is 12.4. The monoisotopic (exact) mass is 268 g/mol. The highest BCUT2D eigenvalue weighted by molar-refractivity contribution is 5.94. The van der Waals surface area contributed by atoms with E-state index in [1.165, 1.54) is 30.3 Å². The van der Waals surface area contributed by atoms with Gasteiger partial charge < -0.3 is 4.90 Å². The molecule has 0 bridgehead atoms. The van der Waals surface area contributed by atoms with Gasteiger partial charge in [-0.25, -0.2) is 0 Å². The zero-order valence-corrected chi connectivity index (χ0v) is 9.94. The lowest BCUT2D eigenvalue weighted by Gasteiger charge is -2.22. The molecular formula is C13H11F3N2O. The number of amides is 1. The molecule has 1 aromatic rings. The fourth-order valence-electron chi connectivity index (χ4n) is 1.50. The number of carbonyl (C=O) groups is 1. The van der Waals surface area contributed by atoms with Crippen molar-refractivity contribution in [1.29, 1.82) is 5.26 Å². The summed E-state index contributed by atoms with van der Waals surface area (Å²) in [6.45, 7) is 1.76. The summed E-state index contributed by atoms with van der Waals surface area (Å²) in [7, 11) is 0. The van der Waals surface area contributed by atoms with Crippen LogP contribution >= 0.6 is 0 Å². The van der Waals surface area contributed by atoms with Gasteiger partial charge in [-0.1, -0.05) is 12.1 Å². The molecule has 0 aliphatic rings. The van der Waals surface area contributed by atoms with Crippen LogP contribution in [-0.4, -0.2) is 30.1 Å². The molecule has 0 radical (unpaired) electrons. The number of nitriles is 1. The third kappa shape index (κ3) is 4.47. The van der Waals surface area contributed by atoms with E-state index in [2.05, 4.69) is 6.58 Å². The van der Waals surface area contributed by atoms with Crippen LogP contribution in [0.2, 0.25) is 0 Å². The summed E-state index contributed by atoms with van der Waals surface area (Å²) in [6.07, 6.45) is -3.26. The molecular weight excluding hydrogens is 257 g/mol. The molecule has 0 saturated heterocycles. The predicted molar refractivity (Wildman–Crippen MR) is 63.3 cm³/mol. The largest absolute Gasteiger partial charge is 0.406 e. The molecule has 0 aliphatic carbocycles. The van der Waals surface area contributed by atoms with Crippen LogP contribution in [0, 0.1) is 11.3 Å². The van der Waals surface area contributed by atoms with Gasteiger partial charge in [-0.05, 0) is 18.2 Å². The highest BCUT2D eigenvalue weighted by Gasteiger charge is 2.32. The first-order valence-electron chi connectivity index (χ1n) is 5.34. The lowest BCUT2D eigenvalue weighted by molar-refractivity contribution is -0.139. The lowest BCUT2D eigenvalue weighted by Crippen LogP contribution is -2.39. The van der Waals surface area contributed by atoms with E-state index in [1.54, 1.807) is 0 Å². The lowest BCUT2D eigenvalue weighted by atomic mass is 10.1. The van der Waals surface area contributed by atoms with Crippen LogP contribution in [-0.2, 0) is 0 Å². The number of alkyl halides is 3. The number of nitrogens with zero attached hydrogens (tertiary/aromatic N) is 2. The zero-order valence-electron chi connectivity index (χ0n) is 9.94. The standard InChI is InChI=1S/C13H11F3N2O/c1-2-6-18(9-13(14,15)16)12(19)11-5-3-4-10(7-11)8-17/h2-5,7H,1,6,9H2. The Morgan fingerprint density at radius 1 is 1.47 bits per heavy atom. The highest BCUT2D eigenvalue weighted by Crippen LogP contribution is 2.18. The molecule has 0 spiro atoms. The summed E-state index contributed by atoms with van der Waals surface area (Å²) < 4.78 is 37.1. The summed E-state index contributed by atoms with van der Waals surface area (Å²) >= 11 is 0. The highest BCUT2D eigenvalue weighted by atomic mass is 19.4. The van der Waals surface area contributed by atoms with Crippen LogP contribution in [0.15, 0.2) is 36.9 Å². The van der Waals surface area contributed by atoms with Crippen molar-refractivity contribution in [3.63, 3.8) is 0 Å². The minimum absolute atomic E-state index is 0.0464. The predicted octanol–water partition coefficient (Wildman–Crippen LogP) is 2.75. The third-order valence-electron chi connectivity index (χ3n) is 2.25. The third-order valence-corrected chi connectivity index (χ3v) is 2.25. The molecule has 100 valence electrons. The maximum Gasteiger partial charge on any atom is 0.406 e. The molecule has 0 heterocycles. The number of hydrogen-bond acceptors (Lipinski definition) is 2. The van der Waals surface area contributed by atoms with Crippen LogP contribution in [0.3, 0.4) is 0 Å². The molecule has 0 aromatic heterocycles. The minimum atomic E-state index is -4.48. The molecule has 0 unspecified atom stereocenters. The summed E-state index contributed by atoms with van der Waals surface area (Å²) in [5.74, 6) is -0.783. The summed E-state index contributed by atoms with van der Waals surface area (Å²) in [6, 6.07) is 7.38. The van der Waals surface area contributed by atoms with Crippen LogP contribution in [0.4, 0.5) is 13.2 Å². The second kappa shape index (κ2) is 6.05. The first kappa shape index (κ1) is 14.8. The first-order chi connectivity index (χ1) is 8.87. The Labute approximate surface area is 108 Å². The first-order valence-corrected chi connectivity index (χ1v) is 5.34. The van der Waals surface area contributed by atoms with Gasteiger partial charge in [0, 0.05) is 12.1 Å². The zero-order chi connectivity index (χ0) is 14.5. The number of halogens is 3. The Morgan fingerprint density at radius 2 is 2.16 bits per heavy atom. The van der Waals surface area contributed by atoms with Gasteiger partial charge in [-0.2, -0.15) is 18.4 Å². The van der Waals surface area contributed by atoms with Gasteiger partial charge in [0.05, 0.1) is 11.6 Å². The fraction of sp³-hybridized carbons (Fsp3) is 0.231. The van der Waals surface area contributed by atoms with Crippen molar-refractivity contribution in [3.05, 3.63) is 48.0 Å². The van der Waals surface area contributed by atoms with Crippen molar-refractivity contribution in [3.8, 4) is 6.07 Å². The molecule has 0 N–H and O–H groups in total. The van der Waals surface area contributed by atoms with Crippen molar-refractivity contribution in [2.24, 2.45) is 0 Å². The van der Waals surface area contributed by atoms with Crippen molar-refractivity contribution in [1.82, 2.24) is 4.90 Å². The Kier molecular flexibility index (Phi) is 4.70. The Balaban J connectivity index is 2.99. The molecule has 0 atom stereocenters. The Hall–Kier alpha value is -2.29. The van der Waals surface area contributed by atoms with E-state index >= 15 is 0 Å². The molecule has 0 fully saturated rings. The van der Waals surface area contributed by atoms with E-state index in [0.29, 0.717) is 4.90 Å². The van der Waals surface area contributed by atoms with Crippen LogP contribution < -0.4 is 0 Å². The van der Waals surface area contributed by atoms with Crippen LogP contribution in [0.25, 0.3) is 0 Å². The molecule has 1 aromatic carbocycles. The second-order valence-corrected chi connectivity index (χ2v) is 3.78. The van der Waals surface area contributed by atoms with Crippen LogP contribution in [0.1, 0.15) is 15.9 Å². The van der Waals surface area contributed by atoms with Crippen molar-refractivity contribution < 1.29 is 18.0 Å². The number of hydrogen-bond donors (Lipinski definition) is 0. The van der Waals surface area contributed by atoms with E-state index in [1.807, 2.05) is 6.07 Å². The molecule has 19 heavy (non-hydrogen) atoms. The van der Waals surface area contributed by atoms with Gasteiger partial charge in [0.1, 0.15) is 6.54 Å². The minimum Gasteiger partial charge on any atom is -0.326 e. The topological polar surface area (TPSA) is 44.1 Å². The molecule has 1 rings (SSSR count). The average molecular weight is 268 g/mol. The van der Waals surface area contributed by atoms with Gasteiger partial charge in [0.15, 0.2) is 0 Å². The molecule has 3 nitrogen and oxygen atoms in total. The van der Waals surface area contributed by atoms with Gasteiger partial charge in [0.2, 0.25) is 0 Å². The maximum absolute atomic E-state index is 12.4. The summed E-state index contributed by atoms with van der Waals surface area (Å²) in [4.78, 5) is 12.6. The summed E-state index contributed by atoms with van der Waals surface area (Å²) in [5, 5.41) is 8.70. The van der Waals surface area contributed by atoms with Crippen molar-refractivity contribution >= 4 is 5.91 Å². The normalized spacial score (nSPS) is 10.6. The molecule has 0 aliphatic heterocycles. The smallest absolute Gasteiger partial charge is 0.326 e. The summed E-state index contributed by atoms with van der Waals surface area (Å²) in [5.41, 5.74) is 0.265. The molecule has 1 amide bonds. The number of benzene rings is 1. The van der Waals surface area contributed by atoms with Crippen molar-refractivity contribution in [2.75, 3.05) is 13.1 Å². The number of rotatable bonds is 4. The molecule has 0 saturated carbocycles. The molecule has 6 heteroatoms. The second-order valence-electron chi connectivity index (χ2n) is 3.78. The van der Waals surface area contributed by atoms with Crippen molar-refractivity contribution in [2.45, 2.75) is 6.18 Å². The SMILES string of the molecule is C=CCN(CC(F)(F)F)C(=O)c1cccc(C#N)c1. The average Bonchev–Trinajstić information content (AvgIpc) is 2.36. The van der Waals surface area contributed by atoms with E-state index in [0.717, 1.165) is 0 Å². The van der Waals surface area contributed by atoms with Crippen LogP contribution in [0.5, 0.6) is 0 Å². The van der Waals surface area contributed by atoms with Gasteiger partial charge in [0.25, 0.3) is 5.91 Å².